The van der Waals surface area contributed by atoms with Gasteiger partial charge in [0.15, 0.2) is 0 Å². The smallest absolute Gasteiger partial charge is 0.127 e. The Hall–Kier alpha value is -1.74. The Bertz CT molecular complexity index is 591. The van der Waals surface area contributed by atoms with Gasteiger partial charge in [0.05, 0.1) is 25.2 Å². The van der Waals surface area contributed by atoms with Crippen LogP contribution in [0.2, 0.25) is 0 Å². The number of hydrogen-bond acceptors (Lipinski definition) is 2. The molecule has 0 spiro atoms. The summed E-state index contributed by atoms with van der Waals surface area (Å²) >= 11 is 6.54. The molecule has 0 aliphatic rings. The summed E-state index contributed by atoms with van der Waals surface area (Å²) in [6.45, 7) is 1.71. The summed E-state index contributed by atoms with van der Waals surface area (Å²) in [4.78, 5) is 0. The van der Waals surface area contributed by atoms with E-state index in [1.807, 2.05) is 18.2 Å². The largest absolute Gasteiger partial charge is 0.496 e. The van der Waals surface area contributed by atoms with Crippen LogP contribution in [-0.4, -0.2) is 14.2 Å². The molecule has 0 aliphatic heterocycles. The van der Waals surface area contributed by atoms with Gasteiger partial charge in [0.2, 0.25) is 0 Å². The maximum absolute atomic E-state index is 13.4. The summed E-state index contributed by atoms with van der Waals surface area (Å²) in [5.74, 6) is 1.04. The standard InChI is InChI=1S/C16H16ClFO2/c1-10-9-11(7-8-12(10)18)16(17)15-13(19-2)5-4-6-14(15)20-3/h4-9,16H,1-3H3. The fourth-order valence-electron chi connectivity index (χ4n) is 2.12. The van der Waals surface area contributed by atoms with Crippen LogP contribution >= 0.6 is 11.6 Å². The van der Waals surface area contributed by atoms with Crippen molar-refractivity contribution in [2.24, 2.45) is 0 Å². The molecule has 2 nitrogen and oxygen atoms in total. The van der Waals surface area contributed by atoms with Gasteiger partial charge in [0, 0.05) is 0 Å². The zero-order chi connectivity index (χ0) is 14.7. The first kappa shape index (κ1) is 14.7. The first-order chi connectivity index (χ1) is 9.58. The Kier molecular flexibility index (Phi) is 4.50. The van der Waals surface area contributed by atoms with E-state index in [1.165, 1.54) is 6.07 Å². The highest BCUT2D eigenvalue weighted by atomic mass is 35.5. The molecule has 1 unspecified atom stereocenters. The fraction of sp³-hybridized carbons (Fsp3) is 0.250. The van der Waals surface area contributed by atoms with Crippen LogP contribution < -0.4 is 9.47 Å². The molecule has 0 radical (unpaired) electrons. The van der Waals surface area contributed by atoms with Crippen LogP contribution in [-0.2, 0) is 0 Å². The molecule has 0 saturated heterocycles. The zero-order valence-electron chi connectivity index (χ0n) is 11.6. The monoisotopic (exact) mass is 294 g/mol. The molecule has 106 valence electrons. The first-order valence-electron chi connectivity index (χ1n) is 6.19. The second kappa shape index (κ2) is 6.14. The van der Waals surface area contributed by atoms with Crippen molar-refractivity contribution in [1.82, 2.24) is 0 Å². The van der Waals surface area contributed by atoms with Crippen molar-refractivity contribution < 1.29 is 13.9 Å². The van der Waals surface area contributed by atoms with Crippen molar-refractivity contribution >= 4 is 11.6 Å². The SMILES string of the molecule is COc1cccc(OC)c1C(Cl)c1ccc(F)c(C)c1. The minimum atomic E-state index is -0.472. The molecule has 4 heteroatoms. The highest BCUT2D eigenvalue weighted by Crippen LogP contribution is 2.41. The summed E-state index contributed by atoms with van der Waals surface area (Å²) in [5, 5.41) is -0.472. The minimum Gasteiger partial charge on any atom is -0.496 e. The highest BCUT2D eigenvalue weighted by molar-refractivity contribution is 6.23. The Morgan fingerprint density at radius 1 is 1.05 bits per heavy atom. The van der Waals surface area contributed by atoms with E-state index in [0.717, 1.165) is 11.1 Å². The molecule has 0 aliphatic carbocycles. The van der Waals surface area contributed by atoms with Crippen molar-refractivity contribution in [2.45, 2.75) is 12.3 Å². The molecule has 2 aromatic carbocycles. The first-order valence-corrected chi connectivity index (χ1v) is 6.63. The normalized spacial score (nSPS) is 12.1. The number of alkyl halides is 1. The molecule has 0 bridgehead atoms. The van der Waals surface area contributed by atoms with Crippen LogP contribution in [0, 0.1) is 12.7 Å². The van der Waals surface area contributed by atoms with Gasteiger partial charge in [-0.05, 0) is 36.2 Å². The lowest BCUT2D eigenvalue weighted by Crippen LogP contribution is -2.01. The molecule has 0 aromatic heterocycles. The molecular formula is C16H16ClFO2. The van der Waals surface area contributed by atoms with Crippen molar-refractivity contribution in [3.8, 4) is 11.5 Å². The van der Waals surface area contributed by atoms with Crippen LogP contribution in [0.25, 0.3) is 0 Å². The third-order valence-electron chi connectivity index (χ3n) is 3.19. The number of rotatable bonds is 4. The quantitative estimate of drug-likeness (QED) is 0.774. The number of hydrogen-bond donors (Lipinski definition) is 0. The Morgan fingerprint density at radius 3 is 2.15 bits per heavy atom. The van der Waals surface area contributed by atoms with Gasteiger partial charge in [-0.15, -0.1) is 11.6 Å². The second-order valence-corrected chi connectivity index (χ2v) is 4.88. The maximum Gasteiger partial charge on any atom is 0.127 e. The van der Waals surface area contributed by atoms with Gasteiger partial charge in [-0.1, -0.05) is 18.2 Å². The van der Waals surface area contributed by atoms with Crippen molar-refractivity contribution in [1.29, 1.82) is 0 Å². The van der Waals surface area contributed by atoms with E-state index < -0.39 is 5.38 Å². The zero-order valence-corrected chi connectivity index (χ0v) is 12.4. The number of benzene rings is 2. The van der Waals surface area contributed by atoms with Crippen molar-refractivity contribution in [3.05, 3.63) is 58.9 Å². The van der Waals surface area contributed by atoms with Gasteiger partial charge in [-0.2, -0.15) is 0 Å². The minimum absolute atomic E-state index is 0.246. The average Bonchev–Trinajstić information content (AvgIpc) is 2.48. The summed E-state index contributed by atoms with van der Waals surface area (Å²) in [6, 6.07) is 10.3. The molecule has 0 saturated carbocycles. The summed E-state index contributed by atoms with van der Waals surface area (Å²) < 4.78 is 24.1. The molecule has 0 N–H and O–H groups in total. The number of methoxy groups -OCH3 is 2. The van der Waals surface area contributed by atoms with Crippen LogP contribution in [0.15, 0.2) is 36.4 Å². The third-order valence-corrected chi connectivity index (χ3v) is 3.66. The van der Waals surface area contributed by atoms with Gasteiger partial charge >= 0.3 is 0 Å². The molecule has 0 fully saturated rings. The second-order valence-electron chi connectivity index (χ2n) is 4.45. The van der Waals surface area contributed by atoms with Crippen molar-refractivity contribution in [2.75, 3.05) is 14.2 Å². The fourth-order valence-corrected chi connectivity index (χ4v) is 2.47. The maximum atomic E-state index is 13.4. The molecule has 0 amide bonds. The highest BCUT2D eigenvalue weighted by Gasteiger charge is 2.21. The summed E-state index contributed by atoms with van der Waals surface area (Å²) in [5.41, 5.74) is 2.10. The van der Waals surface area contributed by atoms with Gasteiger partial charge in [-0.25, -0.2) is 4.39 Å². The van der Waals surface area contributed by atoms with E-state index >= 15 is 0 Å². The van der Waals surface area contributed by atoms with Gasteiger partial charge in [0.25, 0.3) is 0 Å². The molecule has 1 atom stereocenters. The molecule has 20 heavy (non-hydrogen) atoms. The van der Waals surface area contributed by atoms with Crippen LogP contribution in [0.5, 0.6) is 11.5 Å². The lowest BCUT2D eigenvalue weighted by molar-refractivity contribution is 0.386. The molecule has 0 heterocycles. The number of ether oxygens (including phenoxy) is 2. The number of aryl methyl sites for hydroxylation is 1. The Balaban J connectivity index is 2.51. The van der Waals surface area contributed by atoms with E-state index in [0.29, 0.717) is 17.1 Å². The van der Waals surface area contributed by atoms with E-state index in [-0.39, 0.29) is 5.82 Å². The third kappa shape index (κ3) is 2.73. The Labute approximate surface area is 123 Å². The average molecular weight is 295 g/mol. The van der Waals surface area contributed by atoms with Crippen molar-refractivity contribution in [3.63, 3.8) is 0 Å². The predicted octanol–water partition coefficient (Wildman–Crippen LogP) is 4.48. The van der Waals surface area contributed by atoms with E-state index in [4.69, 9.17) is 21.1 Å². The van der Waals surface area contributed by atoms with Gasteiger partial charge in [0.1, 0.15) is 17.3 Å². The predicted molar refractivity (Wildman–Crippen MR) is 78.4 cm³/mol. The lowest BCUT2D eigenvalue weighted by atomic mass is 10.0. The van der Waals surface area contributed by atoms with E-state index in [2.05, 4.69) is 0 Å². The van der Waals surface area contributed by atoms with E-state index in [9.17, 15) is 4.39 Å². The molecular weight excluding hydrogens is 279 g/mol. The summed E-state index contributed by atoms with van der Waals surface area (Å²) in [6.07, 6.45) is 0. The summed E-state index contributed by atoms with van der Waals surface area (Å²) in [7, 11) is 3.16. The topological polar surface area (TPSA) is 18.5 Å². The Morgan fingerprint density at radius 2 is 1.65 bits per heavy atom. The van der Waals surface area contributed by atoms with Gasteiger partial charge < -0.3 is 9.47 Å². The van der Waals surface area contributed by atoms with Crippen LogP contribution in [0.1, 0.15) is 22.1 Å². The van der Waals surface area contributed by atoms with Gasteiger partial charge in [-0.3, -0.25) is 0 Å². The van der Waals surface area contributed by atoms with Crippen LogP contribution in [0.4, 0.5) is 4.39 Å². The van der Waals surface area contributed by atoms with E-state index in [1.54, 1.807) is 33.3 Å². The molecule has 2 aromatic rings. The van der Waals surface area contributed by atoms with Crippen LogP contribution in [0.3, 0.4) is 0 Å². The number of halogens is 2. The lowest BCUT2D eigenvalue weighted by Gasteiger charge is -2.18. The molecule has 2 rings (SSSR count).